The lowest BCUT2D eigenvalue weighted by molar-refractivity contribution is -0.116. The number of amides is 1. The molecule has 1 heterocycles. The molecular formula is C20H19FN2O2. The molecule has 0 atom stereocenters. The Hall–Kier alpha value is -2.95. The Morgan fingerprint density at radius 3 is 2.48 bits per heavy atom. The van der Waals surface area contributed by atoms with Crippen molar-refractivity contribution in [2.45, 2.75) is 20.4 Å². The molecule has 3 aromatic rings. The number of para-hydroxylation sites is 2. The lowest BCUT2D eigenvalue weighted by atomic mass is 10.0. The molecule has 0 saturated heterocycles. The molecule has 0 aliphatic carbocycles. The van der Waals surface area contributed by atoms with E-state index in [1.807, 2.05) is 38.1 Å². The number of carbonyl (C=O) groups excluding carboxylic acids is 2. The highest BCUT2D eigenvalue weighted by atomic mass is 19.1. The normalized spacial score (nSPS) is 11.0. The number of carbonyl (C=O) groups is 2. The van der Waals surface area contributed by atoms with Crippen LogP contribution in [0.3, 0.4) is 0 Å². The Bertz CT molecular complexity index is 944. The number of benzene rings is 2. The first-order chi connectivity index (χ1) is 12.0. The second kappa shape index (κ2) is 6.89. The van der Waals surface area contributed by atoms with Crippen molar-refractivity contribution in [3.8, 4) is 0 Å². The summed E-state index contributed by atoms with van der Waals surface area (Å²) in [5.41, 5.74) is 1.54. The van der Waals surface area contributed by atoms with Crippen molar-refractivity contribution in [1.82, 2.24) is 4.57 Å². The van der Waals surface area contributed by atoms with E-state index in [4.69, 9.17) is 0 Å². The Morgan fingerprint density at radius 2 is 1.76 bits per heavy atom. The minimum absolute atomic E-state index is 0.000221. The van der Waals surface area contributed by atoms with Crippen LogP contribution in [0.25, 0.3) is 10.9 Å². The minimum Gasteiger partial charge on any atom is -0.337 e. The molecule has 3 rings (SSSR count). The van der Waals surface area contributed by atoms with E-state index in [-0.39, 0.29) is 29.8 Å². The number of ketones is 1. The first-order valence-electron chi connectivity index (χ1n) is 8.14. The molecule has 0 radical (unpaired) electrons. The molecule has 5 heteroatoms. The van der Waals surface area contributed by atoms with Crippen LogP contribution < -0.4 is 5.32 Å². The maximum Gasteiger partial charge on any atom is 0.244 e. The van der Waals surface area contributed by atoms with Crippen molar-refractivity contribution in [2.75, 3.05) is 5.32 Å². The SMILES string of the molecule is CC(C)C(=O)c1cn(CC(=O)Nc2ccccc2F)c2ccccc12. The smallest absolute Gasteiger partial charge is 0.244 e. The van der Waals surface area contributed by atoms with Crippen LogP contribution in [-0.4, -0.2) is 16.3 Å². The van der Waals surface area contributed by atoms with E-state index in [9.17, 15) is 14.0 Å². The molecule has 1 aromatic heterocycles. The zero-order valence-electron chi connectivity index (χ0n) is 14.1. The largest absolute Gasteiger partial charge is 0.337 e. The van der Waals surface area contributed by atoms with Gasteiger partial charge in [-0.05, 0) is 18.2 Å². The predicted octanol–water partition coefficient (Wildman–Crippen LogP) is 4.26. The third-order valence-electron chi connectivity index (χ3n) is 4.04. The van der Waals surface area contributed by atoms with Crippen LogP contribution in [0.1, 0.15) is 24.2 Å². The maximum atomic E-state index is 13.7. The number of hydrogen-bond donors (Lipinski definition) is 1. The standard InChI is InChI=1S/C20H19FN2O2/c1-13(2)20(25)15-11-23(18-10-6-3-7-14(15)18)12-19(24)22-17-9-5-4-8-16(17)21/h3-11,13H,12H2,1-2H3,(H,22,24). The molecule has 0 aliphatic heterocycles. The van der Waals surface area contributed by atoms with Crippen molar-refractivity contribution in [3.05, 3.63) is 66.1 Å². The van der Waals surface area contributed by atoms with Crippen LogP contribution in [0, 0.1) is 11.7 Å². The van der Waals surface area contributed by atoms with Gasteiger partial charge in [0.25, 0.3) is 0 Å². The fraction of sp³-hybridized carbons (Fsp3) is 0.200. The number of rotatable bonds is 5. The van der Waals surface area contributed by atoms with Gasteiger partial charge in [-0.2, -0.15) is 0 Å². The van der Waals surface area contributed by atoms with Gasteiger partial charge in [0.15, 0.2) is 5.78 Å². The quantitative estimate of drug-likeness (QED) is 0.707. The van der Waals surface area contributed by atoms with E-state index in [1.54, 1.807) is 22.9 Å². The molecule has 4 nitrogen and oxygen atoms in total. The zero-order chi connectivity index (χ0) is 18.0. The third kappa shape index (κ3) is 3.45. The average molecular weight is 338 g/mol. The van der Waals surface area contributed by atoms with Gasteiger partial charge in [-0.3, -0.25) is 9.59 Å². The highest BCUT2D eigenvalue weighted by Crippen LogP contribution is 2.24. The van der Waals surface area contributed by atoms with Crippen LogP contribution in [0.4, 0.5) is 10.1 Å². The van der Waals surface area contributed by atoms with E-state index >= 15 is 0 Å². The van der Waals surface area contributed by atoms with Crippen molar-refractivity contribution >= 4 is 28.3 Å². The first-order valence-corrected chi connectivity index (χ1v) is 8.14. The van der Waals surface area contributed by atoms with Gasteiger partial charge in [0.2, 0.25) is 5.91 Å². The zero-order valence-corrected chi connectivity index (χ0v) is 14.1. The first kappa shape index (κ1) is 16.9. The minimum atomic E-state index is -0.483. The molecular weight excluding hydrogens is 319 g/mol. The van der Waals surface area contributed by atoms with E-state index in [0.29, 0.717) is 5.56 Å². The van der Waals surface area contributed by atoms with Gasteiger partial charge in [-0.25, -0.2) is 4.39 Å². The number of anilines is 1. The van der Waals surface area contributed by atoms with Crippen LogP contribution in [0.15, 0.2) is 54.7 Å². The van der Waals surface area contributed by atoms with Gasteiger partial charge in [0, 0.05) is 28.6 Å². The lowest BCUT2D eigenvalue weighted by Gasteiger charge is -2.08. The van der Waals surface area contributed by atoms with Crippen LogP contribution in [0.5, 0.6) is 0 Å². The average Bonchev–Trinajstić information content (AvgIpc) is 2.95. The van der Waals surface area contributed by atoms with E-state index in [2.05, 4.69) is 5.32 Å². The number of nitrogens with one attached hydrogen (secondary N) is 1. The fourth-order valence-corrected chi connectivity index (χ4v) is 2.79. The fourth-order valence-electron chi connectivity index (χ4n) is 2.79. The molecule has 1 amide bonds. The second-order valence-electron chi connectivity index (χ2n) is 6.23. The number of fused-ring (bicyclic) bond motifs is 1. The molecule has 1 N–H and O–H groups in total. The van der Waals surface area contributed by atoms with Crippen molar-refractivity contribution in [2.24, 2.45) is 5.92 Å². The lowest BCUT2D eigenvalue weighted by Crippen LogP contribution is -2.19. The molecule has 0 fully saturated rings. The summed E-state index contributed by atoms with van der Waals surface area (Å²) in [5.74, 6) is -0.936. The second-order valence-corrected chi connectivity index (χ2v) is 6.23. The Kier molecular flexibility index (Phi) is 4.65. The molecule has 0 aliphatic rings. The molecule has 2 aromatic carbocycles. The van der Waals surface area contributed by atoms with Gasteiger partial charge < -0.3 is 9.88 Å². The van der Waals surface area contributed by atoms with Crippen LogP contribution in [-0.2, 0) is 11.3 Å². The third-order valence-corrected chi connectivity index (χ3v) is 4.04. The number of nitrogens with zero attached hydrogens (tertiary/aromatic N) is 1. The number of hydrogen-bond acceptors (Lipinski definition) is 2. The molecule has 25 heavy (non-hydrogen) atoms. The summed E-state index contributed by atoms with van der Waals surface area (Å²) >= 11 is 0. The Labute approximate surface area is 145 Å². The van der Waals surface area contributed by atoms with Crippen LogP contribution in [0.2, 0.25) is 0 Å². The summed E-state index contributed by atoms with van der Waals surface area (Å²) in [7, 11) is 0. The number of Topliss-reactive ketones (excluding diaryl/α,β-unsaturated/α-hetero) is 1. The molecule has 0 unspecified atom stereocenters. The Morgan fingerprint density at radius 1 is 1.08 bits per heavy atom. The summed E-state index contributed by atoms with van der Waals surface area (Å²) in [6, 6.07) is 13.5. The summed E-state index contributed by atoms with van der Waals surface area (Å²) in [6.07, 6.45) is 1.70. The maximum absolute atomic E-state index is 13.7. The van der Waals surface area contributed by atoms with Gasteiger partial charge >= 0.3 is 0 Å². The monoisotopic (exact) mass is 338 g/mol. The van der Waals surface area contributed by atoms with Crippen molar-refractivity contribution in [1.29, 1.82) is 0 Å². The number of aromatic nitrogens is 1. The van der Waals surface area contributed by atoms with Gasteiger partial charge in [0.1, 0.15) is 12.4 Å². The van der Waals surface area contributed by atoms with Crippen molar-refractivity contribution < 1.29 is 14.0 Å². The summed E-state index contributed by atoms with van der Waals surface area (Å²) in [6.45, 7) is 3.69. The van der Waals surface area contributed by atoms with Crippen molar-refractivity contribution in [3.63, 3.8) is 0 Å². The highest BCUT2D eigenvalue weighted by molar-refractivity contribution is 6.09. The topological polar surface area (TPSA) is 51.1 Å². The summed E-state index contributed by atoms with van der Waals surface area (Å²) in [5, 5.41) is 3.38. The van der Waals surface area contributed by atoms with E-state index < -0.39 is 5.82 Å². The predicted molar refractivity (Wildman–Crippen MR) is 96.1 cm³/mol. The molecule has 0 spiro atoms. The summed E-state index contributed by atoms with van der Waals surface area (Å²) in [4.78, 5) is 24.7. The van der Waals surface area contributed by atoms with E-state index in [0.717, 1.165) is 10.9 Å². The van der Waals surface area contributed by atoms with Crippen LogP contribution >= 0.6 is 0 Å². The molecule has 0 bridgehead atoms. The molecule has 128 valence electrons. The highest BCUT2D eigenvalue weighted by Gasteiger charge is 2.18. The van der Waals surface area contributed by atoms with Gasteiger partial charge in [-0.1, -0.05) is 44.2 Å². The Balaban J connectivity index is 1.90. The number of halogens is 1. The van der Waals surface area contributed by atoms with Gasteiger partial charge in [-0.15, -0.1) is 0 Å². The van der Waals surface area contributed by atoms with Gasteiger partial charge in [0.05, 0.1) is 5.69 Å². The summed E-state index contributed by atoms with van der Waals surface area (Å²) < 4.78 is 15.4. The van der Waals surface area contributed by atoms with E-state index in [1.165, 1.54) is 12.1 Å². The molecule has 0 saturated carbocycles.